The van der Waals surface area contributed by atoms with Crippen LogP contribution in [0, 0.1) is 11.8 Å². The van der Waals surface area contributed by atoms with E-state index >= 15 is 0 Å². The van der Waals surface area contributed by atoms with Crippen molar-refractivity contribution in [2.75, 3.05) is 0 Å². The van der Waals surface area contributed by atoms with Crippen LogP contribution in [0.4, 0.5) is 0 Å². The lowest BCUT2D eigenvalue weighted by Crippen LogP contribution is -2.11. The van der Waals surface area contributed by atoms with Crippen molar-refractivity contribution in [1.82, 2.24) is 0 Å². The molecule has 0 aromatic carbocycles. The molecule has 26 heavy (non-hydrogen) atoms. The van der Waals surface area contributed by atoms with E-state index in [9.17, 15) is 0 Å². The van der Waals surface area contributed by atoms with Crippen molar-refractivity contribution in [2.24, 2.45) is 11.8 Å². The lowest BCUT2D eigenvalue weighted by atomic mass is 9.83. The Hall–Kier alpha value is -0.260. The first-order valence-corrected chi connectivity index (χ1v) is 12.3. The third kappa shape index (κ3) is 17.2. The molecular formula is C26H52. The Kier molecular flexibility index (Phi) is 19.3. The van der Waals surface area contributed by atoms with Gasteiger partial charge in [-0.2, -0.15) is 0 Å². The largest absolute Gasteiger partial charge is 0.100 e. The van der Waals surface area contributed by atoms with E-state index < -0.39 is 0 Å². The van der Waals surface area contributed by atoms with Crippen molar-refractivity contribution in [3.8, 4) is 0 Å². The number of allylic oxidation sites excluding steroid dienone is 1. The summed E-state index contributed by atoms with van der Waals surface area (Å²) in [6.45, 7) is 13.4. The Bertz CT molecular complexity index is 290. The minimum absolute atomic E-state index is 0.940. The smallest absolute Gasteiger partial charge is 0.0326 e. The molecule has 0 nitrogen and oxygen atoms in total. The van der Waals surface area contributed by atoms with Gasteiger partial charge in [0.05, 0.1) is 0 Å². The number of unbranched alkanes of at least 4 members (excludes halogenated alkanes) is 12. The molecule has 2 unspecified atom stereocenters. The first-order chi connectivity index (χ1) is 12.6. The average molecular weight is 365 g/mol. The Morgan fingerprint density at radius 2 is 1.12 bits per heavy atom. The maximum absolute atomic E-state index is 3.99. The van der Waals surface area contributed by atoms with Crippen LogP contribution in [0.1, 0.15) is 143 Å². The monoisotopic (exact) mass is 364 g/mol. The molecule has 0 amide bonds. The molecule has 0 aromatic heterocycles. The normalized spacial score (nSPS) is 13.7. The van der Waals surface area contributed by atoms with Crippen LogP contribution in [0.25, 0.3) is 0 Å². The van der Waals surface area contributed by atoms with Gasteiger partial charge in [0.1, 0.15) is 0 Å². The molecule has 0 spiro atoms. The summed E-state index contributed by atoms with van der Waals surface area (Å²) < 4.78 is 0. The summed E-state index contributed by atoms with van der Waals surface area (Å²) >= 11 is 0. The van der Waals surface area contributed by atoms with Crippen molar-refractivity contribution < 1.29 is 0 Å². The van der Waals surface area contributed by atoms with Crippen molar-refractivity contribution >= 4 is 0 Å². The van der Waals surface area contributed by atoms with Gasteiger partial charge in [0.2, 0.25) is 0 Å². The van der Waals surface area contributed by atoms with Crippen LogP contribution in [-0.2, 0) is 0 Å². The molecule has 0 radical (unpaired) electrons. The van der Waals surface area contributed by atoms with Gasteiger partial charge in [0, 0.05) is 0 Å². The molecule has 0 bridgehead atoms. The fourth-order valence-corrected chi connectivity index (χ4v) is 4.27. The molecule has 0 heteroatoms. The summed E-state index contributed by atoms with van der Waals surface area (Å²) in [7, 11) is 0. The van der Waals surface area contributed by atoms with E-state index in [1.165, 1.54) is 121 Å². The highest BCUT2D eigenvalue weighted by Crippen LogP contribution is 2.27. The minimum atomic E-state index is 0.940. The zero-order chi connectivity index (χ0) is 19.5. The molecule has 0 saturated carbocycles. The van der Waals surface area contributed by atoms with Crippen LogP contribution in [0.15, 0.2) is 12.2 Å². The Labute approximate surface area is 167 Å². The standard InChI is InChI=1S/C26H52/c1-6-8-9-10-12-17-20-23-26(7-2)25(5)22-19-16-14-11-13-15-18-21-24(3)4/h25-26H,3,6-23H2,1-2,4-5H3. The Balaban J connectivity index is 3.51. The maximum atomic E-state index is 3.99. The number of hydrogen-bond donors (Lipinski definition) is 0. The predicted octanol–water partition coefficient (Wildman–Crippen LogP) is 9.88. The first-order valence-electron chi connectivity index (χ1n) is 12.3. The van der Waals surface area contributed by atoms with Crippen molar-refractivity contribution in [2.45, 2.75) is 143 Å². The highest BCUT2D eigenvalue weighted by molar-refractivity contribution is 4.86. The second-order valence-corrected chi connectivity index (χ2v) is 9.03. The molecule has 0 aromatic rings. The molecule has 0 heterocycles. The fraction of sp³-hybridized carbons (Fsp3) is 0.923. The van der Waals surface area contributed by atoms with Crippen LogP contribution in [0.3, 0.4) is 0 Å². The summed E-state index contributed by atoms with van der Waals surface area (Å²) in [5.74, 6) is 1.92. The summed E-state index contributed by atoms with van der Waals surface area (Å²) in [4.78, 5) is 0. The van der Waals surface area contributed by atoms with Gasteiger partial charge in [-0.3, -0.25) is 0 Å². The van der Waals surface area contributed by atoms with Gasteiger partial charge in [-0.05, 0) is 31.6 Å². The van der Waals surface area contributed by atoms with Crippen molar-refractivity contribution in [1.29, 1.82) is 0 Å². The summed E-state index contributed by atoms with van der Waals surface area (Å²) in [5, 5.41) is 0. The van der Waals surface area contributed by atoms with Crippen molar-refractivity contribution in [3.63, 3.8) is 0 Å². The zero-order valence-electron chi connectivity index (χ0n) is 19.1. The molecule has 0 aliphatic heterocycles. The van der Waals surface area contributed by atoms with Gasteiger partial charge in [0.15, 0.2) is 0 Å². The van der Waals surface area contributed by atoms with Crippen molar-refractivity contribution in [3.05, 3.63) is 12.2 Å². The van der Waals surface area contributed by atoms with Crippen LogP contribution in [0.5, 0.6) is 0 Å². The van der Waals surface area contributed by atoms with Gasteiger partial charge in [-0.15, -0.1) is 6.58 Å². The lowest BCUT2D eigenvalue weighted by molar-refractivity contribution is 0.291. The average Bonchev–Trinajstić information content (AvgIpc) is 2.62. The van der Waals surface area contributed by atoms with Gasteiger partial charge in [-0.25, -0.2) is 0 Å². The SMILES string of the molecule is C=C(C)CCCCCCCCCC(C)C(CC)CCCCCCCCC. The second kappa shape index (κ2) is 19.5. The summed E-state index contributed by atoms with van der Waals surface area (Å²) in [6.07, 6.45) is 25.7. The van der Waals surface area contributed by atoms with Gasteiger partial charge in [0.25, 0.3) is 0 Å². The molecule has 0 saturated heterocycles. The first kappa shape index (κ1) is 25.7. The molecule has 2 atom stereocenters. The zero-order valence-corrected chi connectivity index (χ0v) is 19.1. The van der Waals surface area contributed by atoms with E-state index in [1.807, 2.05) is 0 Å². The van der Waals surface area contributed by atoms with Crippen LogP contribution in [-0.4, -0.2) is 0 Å². The topological polar surface area (TPSA) is 0 Å². The Morgan fingerprint density at radius 3 is 1.62 bits per heavy atom. The van der Waals surface area contributed by atoms with E-state index in [2.05, 4.69) is 34.3 Å². The van der Waals surface area contributed by atoms with Gasteiger partial charge < -0.3 is 0 Å². The van der Waals surface area contributed by atoms with E-state index in [4.69, 9.17) is 0 Å². The predicted molar refractivity (Wildman–Crippen MR) is 122 cm³/mol. The lowest BCUT2D eigenvalue weighted by Gasteiger charge is -2.22. The summed E-state index contributed by atoms with van der Waals surface area (Å²) in [5.41, 5.74) is 1.35. The number of rotatable bonds is 20. The second-order valence-electron chi connectivity index (χ2n) is 9.03. The van der Waals surface area contributed by atoms with Crippen LogP contribution < -0.4 is 0 Å². The highest BCUT2D eigenvalue weighted by atomic mass is 14.2. The van der Waals surface area contributed by atoms with E-state index in [0.29, 0.717) is 0 Å². The highest BCUT2D eigenvalue weighted by Gasteiger charge is 2.14. The fourth-order valence-electron chi connectivity index (χ4n) is 4.27. The van der Waals surface area contributed by atoms with Crippen LogP contribution >= 0.6 is 0 Å². The molecule has 0 fully saturated rings. The third-order valence-corrected chi connectivity index (χ3v) is 6.27. The quantitative estimate of drug-likeness (QED) is 0.149. The third-order valence-electron chi connectivity index (χ3n) is 6.27. The number of hydrogen-bond acceptors (Lipinski definition) is 0. The van der Waals surface area contributed by atoms with E-state index in [-0.39, 0.29) is 0 Å². The van der Waals surface area contributed by atoms with Gasteiger partial charge >= 0.3 is 0 Å². The molecule has 0 N–H and O–H groups in total. The van der Waals surface area contributed by atoms with E-state index in [1.54, 1.807) is 0 Å². The van der Waals surface area contributed by atoms with Crippen LogP contribution in [0.2, 0.25) is 0 Å². The van der Waals surface area contributed by atoms with E-state index in [0.717, 1.165) is 11.8 Å². The maximum Gasteiger partial charge on any atom is -0.0326 e. The molecule has 0 aliphatic carbocycles. The molecule has 0 rings (SSSR count). The minimum Gasteiger partial charge on any atom is -0.100 e. The molecule has 0 aliphatic rings. The molecular weight excluding hydrogens is 312 g/mol. The summed E-state index contributed by atoms with van der Waals surface area (Å²) in [6, 6.07) is 0. The van der Waals surface area contributed by atoms with Gasteiger partial charge in [-0.1, -0.05) is 129 Å². The Morgan fingerprint density at radius 1 is 0.654 bits per heavy atom. The molecule has 156 valence electrons.